The lowest BCUT2D eigenvalue weighted by atomic mass is 10.1. The number of carbonyl (C=O) groups is 1. The molecule has 1 amide bonds. The van der Waals surface area contributed by atoms with E-state index >= 15 is 0 Å². The van der Waals surface area contributed by atoms with Crippen LogP contribution in [0.4, 0.5) is 0 Å². The molecule has 19 heavy (non-hydrogen) atoms. The lowest BCUT2D eigenvalue weighted by Crippen LogP contribution is -2.30. The van der Waals surface area contributed by atoms with Crippen LogP contribution in [0.15, 0.2) is 18.2 Å². The number of carbonyl (C=O) groups excluding carboxylic acids is 1. The third-order valence-electron chi connectivity index (χ3n) is 3.20. The largest absolute Gasteiger partial charge is 0.339 e. The van der Waals surface area contributed by atoms with Crippen molar-refractivity contribution in [3.8, 4) is 0 Å². The summed E-state index contributed by atoms with van der Waals surface area (Å²) >= 11 is 12.0. The minimum atomic E-state index is -0.0631. The molecule has 1 aromatic rings. The van der Waals surface area contributed by atoms with Gasteiger partial charge in [0, 0.05) is 23.5 Å². The average molecular weight is 303 g/mol. The summed E-state index contributed by atoms with van der Waals surface area (Å²) in [5, 5.41) is 4.23. The molecule has 0 aliphatic heterocycles. The Balaban J connectivity index is 2.70. The van der Waals surface area contributed by atoms with Gasteiger partial charge in [-0.1, -0.05) is 29.3 Å². The van der Waals surface area contributed by atoms with Crippen molar-refractivity contribution in [1.82, 2.24) is 10.2 Å². The van der Waals surface area contributed by atoms with Gasteiger partial charge in [0.1, 0.15) is 0 Å². The van der Waals surface area contributed by atoms with Crippen LogP contribution in [0, 0.1) is 0 Å². The molecule has 1 atom stereocenters. The predicted molar refractivity (Wildman–Crippen MR) is 80.8 cm³/mol. The van der Waals surface area contributed by atoms with Gasteiger partial charge in [-0.2, -0.15) is 0 Å². The zero-order chi connectivity index (χ0) is 14.4. The molecular formula is C14H20Cl2N2O. The molecule has 0 heterocycles. The van der Waals surface area contributed by atoms with Crippen LogP contribution in [0.25, 0.3) is 0 Å². The fourth-order valence-electron chi connectivity index (χ4n) is 1.86. The van der Waals surface area contributed by atoms with Crippen LogP contribution in [-0.2, 0) is 4.79 Å². The molecule has 0 fully saturated rings. The maximum atomic E-state index is 12.0. The van der Waals surface area contributed by atoms with E-state index in [2.05, 4.69) is 5.32 Å². The summed E-state index contributed by atoms with van der Waals surface area (Å²) in [4.78, 5) is 13.8. The van der Waals surface area contributed by atoms with Gasteiger partial charge in [0.15, 0.2) is 0 Å². The lowest BCUT2D eigenvalue weighted by Gasteiger charge is -2.26. The SMILES string of the molecule is CNCCCC(=O)N(C)C(C)c1ccc(Cl)cc1Cl. The zero-order valence-corrected chi connectivity index (χ0v) is 13.1. The number of amides is 1. The zero-order valence-electron chi connectivity index (χ0n) is 11.5. The molecule has 0 aliphatic carbocycles. The minimum Gasteiger partial charge on any atom is -0.339 e. The van der Waals surface area contributed by atoms with E-state index in [0.717, 1.165) is 18.5 Å². The molecule has 0 saturated carbocycles. The average Bonchev–Trinajstić information content (AvgIpc) is 2.37. The molecule has 0 aliphatic rings. The van der Waals surface area contributed by atoms with Crippen molar-refractivity contribution in [2.45, 2.75) is 25.8 Å². The van der Waals surface area contributed by atoms with Crippen LogP contribution in [0.2, 0.25) is 10.0 Å². The number of halogens is 2. The summed E-state index contributed by atoms with van der Waals surface area (Å²) in [5.41, 5.74) is 0.913. The molecule has 1 aromatic carbocycles. The Bertz CT molecular complexity index is 437. The van der Waals surface area contributed by atoms with Crippen LogP contribution >= 0.6 is 23.2 Å². The van der Waals surface area contributed by atoms with Gasteiger partial charge in [0.25, 0.3) is 0 Å². The number of benzene rings is 1. The van der Waals surface area contributed by atoms with Crippen molar-refractivity contribution in [2.75, 3.05) is 20.6 Å². The first-order valence-corrected chi connectivity index (χ1v) is 7.08. The van der Waals surface area contributed by atoms with E-state index in [1.807, 2.05) is 20.0 Å². The highest BCUT2D eigenvalue weighted by Gasteiger charge is 2.19. The van der Waals surface area contributed by atoms with E-state index < -0.39 is 0 Å². The third-order valence-corrected chi connectivity index (χ3v) is 3.77. The highest BCUT2D eigenvalue weighted by molar-refractivity contribution is 6.35. The first-order valence-electron chi connectivity index (χ1n) is 6.32. The Hall–Kier alpha value is -0.770. The van der Waals surface area contributed by atoms with Crippen molar-refractivity contribution < 1.29 is 4.79 Å². The molecular weight excluding hydrogens is 283 g/mol. The molecule has 0 spiro atoms. The van der Waals surface area contributed by atoms with Gasteiger partial charge in [-0.3, -0.25) is 4.79 Å². The predicted octanol–water partition coefficient (Wildman–Crippen LogP) is 3.51. The number of hydrogen-bond acceptors (Lipinski definition) is 2. The molecule has 5 heteroatoms. The number of nitrogens with zero attached hydrogens (tertiary/aromatic N) is 1. The van der Waals surface area contributed by atoms with Gasteiger partial charge in [0.2, 0.25) is 5.91 Å². The summed E-state index contributed by atoms with van der Waals surface area (Å²) in [6.45, 7) is 2.81. The Kier molecular flexibility index (Phi) is 6.63. The second-order valence-electron chi connectivity index (χ2n) is 4.55. The summed E-state index contributed by atoms with van der Waals surface area (Å²) < 4.78 is 0. The van der Waals surface area contributed by atoms with E-state index in [0.29, 0.717) is 16.5 Å². The standard InChI is InChI=1S/C14H20Cl2N2O/c1-10(12-7-6-11(15)9-13(12)16)18(3)14(19)5-4-8-17-2/h6-7,9-10,17H,4-5,8H2,1-3H3. The van der Waals surface area contributed by atoms with E-state index in [1.54, 1.807) is 24.1 Å². The van der Waals surface area contributed by atoms with Gasteiger partial charge in [-0.05, 0) is 44.6 Å². The van der Waals surface area contributed by atoms with Crippen LogP contribution < -0.4 is 5.32 Å². The topological polar surface area (TPSA) is 32.3 Å². The highest BCUT2D eigenvalue weighted by atomic mass is 35.5. The van der Waals surface area contributed by atoms with Gasteiger partial charge in [-0.25, -0.2) is 0 Å². The quantitative estimate of drug-likeness (QED) is 0.816. The third kappa shape index (κ3) is 4.68. The van der Waals surface area contributed by atoms with E-state index in [4.69, 9.17) is 23.2 Å². The van der Waals surface area contributed by atoms with Gasteiger partial charge in [0.05, 0.1) is 6.04 Å². The van der Waals surface area contributed by atoms with Crippen molar-refractivity contribution in [3.05, 3.63) is 33.8 Å². The summed E-state index contributed by atoms with van der Waals surface area (Å²) in [6.07, 6.45) is 1.37. The Labute approximate surface area is 124 Å². The van der Waals surface area contributed by atoms with Gasteiger partial charge in [-0.15, -0.1) is 0 Å². The van der Waals surface area contributed by atoms with Crippen LogP contribution in [-0.4, -0.2) is 31.4 Å². The van der Waals surface area contributed by atoms with Crippen molar-refractivity contribution in [3.63, 3.8) is 0 Å². The Morgan fingerprint density at radius 2 is 2.11 bits per heavy atom. The molecule has 106 valence electrons. The fraction of sp³-hybridized carbons (Fsp3) is 0.500. The molecule has 0 aromatic heterocycles. The summed E-state index contributed by atoms with van der Waals surface area (Å²) in [7, 11) is 3.68. The van der Waals surface area contributed by atoms with Crippen LogP contribution in [0.1, 0.15) is 31.4 Å². The van der Waals surface area contributed by atoms with Crippen molar-refractivity contribution in [1.29, 1.82) is 0 Å². The second-order valence-corrected chi connectivity index (χ2v) is 5.40. The molecule has 0 saturated heterocycles. The normalized spacial score (nSPS) is 12.3. The molecule has 0 bridgehead atoms. The number of rotatable bonds is 6. The second kappa shape index (κ2) is 7.73. The van der Waals surface area contributed by atoms with Crippen LogP contribution in [0.5, 0.6) is 0 Å². The maximum absolute atomic E-state index is 12.0. The molecule has 1 rings (SSSR count). The first-order chi connectivity index (χ1) is 8.97. The van der Waals surface area contributed by atoms with Crippen LogP contribution in [0.3, 0.4) is 0 Å². The monoisotopic (exact) mass is 302 g/mol. The lowest BCUT2D eigenvalue weighted by molar-refractivity contribution is -0.131. The molecule has 1 unspecified atom stereocenters. The number of nitrogens with one attached hydrogen (secondary N) is 1. The van der Waals surface area contributed by atoms with Crippen molar-refractivity contribution in [2.24, 2.45) is 0 Å². The van der Waals surface area contributed by atoms with Gasteiger partial charge < -0.3 is 10.2 Å². The molecule has 1 N–H and O–H groups in total. The van der Waals surface area contributed by atoms with E-state index in [9.17, 15) is 4.79 Å². The minimum absolute atomic E-state index is 0.0631. The summed E-state index contributed by atoms with van der Waals surface area (Å²) in [5.74, 6) is 0.119. The molecule has 3 nitrogen and oxygen atoms in total. The number of hydrogen-bond donors (Lipinski definition) is 1. The smallest absolute Gasteiger partial charge is 0.222 e. The van der Waals surface area contributed by atoms with E-state index in [-0.39, 0.29) is 11.9 Å². The van der Waals surface area contributed by atoms with Crippen molar-refractivity contribution >= 4 is 29.1 Å². The first kappa shape index (κ1) is 16.3. The Morgan fingerprint density at radius 3 is 2.68 bits per heavy atom. The maximum Gasteiger partial charge on any atom is 0.222 e. The summed E-state index contributed by atoms with van der Waals surface area (Å²) in [6, 6.07) is 5.30. The van der Waals surface area contributed by atoms with E-state index in [1.165, 1.54) is 0 Å². The van der Waals surface area contributed by atoms with Gasteiger partial charge >= 0.3 is 0 Å². The fourth-order valence-corrected chi connectivity index (χ4v) is 2.42. The highest BCUT2D eigenvalue weighted by Crippen LogP contribution is 2.29. The Morgan fingerprint density at radius 1 is 1.42 bits per heavy atom. The molecule has 0 radical (unpaired) electrons.